The van der Waals surface area contributed by atoms with Crippen LogP contribution in [0.2, 0.25) is 0 Å². The second-order valence-corrected chi connectivity index (χ2v) is 8.71. The average molecular weight is 498 g/mol. The SMILES string of the molecule is O=C1Nc2ccc3c(c2)Oc2cc(ccc2C32OC(=O)c3ccccc32)NC(=O)OCCC=CCCO1. The van der Waals surface area contributed by atoms with Crippen LogP contribution < -0.4 is 15.4 Å². The van der Waals surface area contributed by atoms with Gasteiger partial charge in [0.25, 0.3) is 0 Å². The highest BCUT2D eigenvalue weighted by atomic mass is 16.6. The summed E-state index contributed by atoms with van der Waals surface area (Å²) in [7, 11) is 0. The number of fused-ring (bicyclic) bond motifs is 6. The molecule has 2 amide bonds. The number of cyclic esters (lactones) is 2. The van der Waals surface area contributed by atoms with E-state index >= 15 is 0 Å². The molecular formula is C28H22N2O7. The van der Waals surface area contributed by atoms with Gasteiger partial charge in [-0.15, -0.1) is 0 Å². The van der Waals surface area contributed by atoms with Crippen LogP contribution in [0.3, 0.4) is 0 Å². The molecule has 3 heterocycles. The summed E-state index contributed by atoms with van der Waals surface area (Å²) in [5.74, 6) is 0.316. The zero-order valence-electron chi connectivity index (χ0n) is 19.6. The minimum absolute atomic E-state index is 0.191. The first-order valence-corrected chi connectivity index (χ1v) is 11.9. The molecule has 0 radical (unpaired) electrons. The molecule has 0 unspecified atom stereocenters. The second kappa shape index (κ2) is 9.02. The topological polar surface area (TPSA) is 112 Å². The number of carbonyl (C=O) groups excluding carboxylic acids is 3. The Morgan fingerprint density at radius 1 is 0.676 bits per heavy atom. The predicted octanol–water partition coefficient (Wildman–Crippen LogP) is 5.70. The van der Waals surface area contributed by atoms with Crippen LogP contribution in [-0.4, -0.2) is 31.4 Å². The fraction of sp³-hybridized carbons (Fsp3) is 0.179. The van der Waals surface area contributed by atoms with Crippen LogP contribution in [0.15, 0.2) is 72.8 Å². The van der Waals surface area contributed by atoms with Gasteiger partial charge in [0.1, 0.15) is 11.5 Å². The molecular weight excluding hydrogens is 476 g/mol. The van der Waals surface area contributed by atoms with E-state index < -0.39 is 23.8 Å². The third-order valence-corrected chi connectivity index (χ3v) is 6.41. The number of anilines is 2. The van der Waals surface area contributed by atoms with Crippen molar-refractivity contribution in [3.8, 4) is 11.5 Å². The van der Waals surface area contributed by atoms with Gasteiger partial charge in [0.15, 0.2) is 5.60 Å². The van der Waals surface area contributed by atoms with Crippen LogP contribution in [-0.2, 0) is 19.8 Å². The Morgan fingerprint density at radius 3 is 1.84 bits per heavy atom. The summed E-state index contributed by atoms with van der Waals surface area (Å²) in [4.78, 5) is 37.6. The quantitative estimate of drug-likeness (QED) is 0.232. The van der Waals surface area contributed by atoms with Gasteiger partial charge in [-0.25, -0.2) is 14.4 Å². The Morgan fingerprint density at radius 2 is 1.24 bits per heavy atom. The molecule has 0 aliphatic carbocycles. The number of ether oxygens (including phenoxy) is 4. The van der Waals surface area contributed by atoms with Crippen molar-refractivity contribution in [1.82, 2.24) is 0 Å². The number of nitrogens with one attached hydrogen (secondary N) is 2. The van der Waals surface area contributed by atoms with E-state index in [-0.39, 0.29) is 13.2 Å². The summed E-state index contributed by atoms with van der Waals surface area (Å²) < 4.78 is 22.9. The first-order valence-electron chi connectivity index (χ1n) is 11.9. The Labute approximate surface area is 212 Å². The summed E-state index contributed by atoms with van der Waals surface area (Å²) in [5, 5.41) is 5.43. The molecule has 0 aromatic heterocycles. The standard InChI is InChI=1S/C28H22N2O7/c31-25-19-7-3-4-8-20(19)28(37-25)21-11-9-17-15-23(21)36-24-16-18(10-12-22(24)28)30-27(33)35-14-6-2-1-5-13-34-26(32)29-17/h1-4,7-12,15-16H,5-6,13-14H2,(H,29,32)(H,30,33). The molecule has 9 heteroatoms. The highest BCUT2D eigenvalue weighted by Crippen LogP contribution is 2.56. The van der Waals surface area contributed by atoms with Gasteiger partial charge in [0.2, 0.25) is 0 Å². The van der Waals surface area contributed by atoms with E-state index in [1.54, 1.807) is 48.5 Å². The van der Waals surface area contributed by atoms with Crippen LogP contribution in [0, 0.1) is 0 Å². The van der Waals surface area contributed by atoms with Gasteiger partial charge in [-0.3, -0.25) is 10.6 Å². The summed E-state index contributed by atoms with van der Waals surface area (Å²) in [6, 6.07) is 17.4. The van der Waals surface area contributed by atoms with Gasteiger partial charge in [-0.2, -0.15) is 0 Å². The van der Waals surface area contributed by atoms with Crippen molar-refractivity contribution < 1.29 is 33.3 Å². The van der Waals surface area contributed by atoms with Crippen molar-refractivity contribution in [2.45, 2.75) is 18.4 Å². The molecule has 9 nitrogen and oxygen atoms in total. The van der Waals surface area contributed by atoms with Gasteiger partial charge in [0, 0.05) is 40.2 Å². The van der Waals surface area contributed by atoms with E-state index in [1.807, 2.05) is 24.3 Å². The molecule has 6 rings (SSSR count). The maximum Gasteiger partial charge on any atom is 0.411 e. The van der Waals surface area contributed by atoms with Crippen LogP contribution in [0.25, 0.3) is 0 Å². The third-order valence-electron chi connectivity index (χ3n) is 6.41. The van der Waals surface area contributed by atoms with Gasteiger partial charge in [0.05, 0.1) is 18.8 Å². The molecule has 37 heavy (non-hydrogen) atoms. The summed E-state index contributed by atoms with van der Waals surface area (Å²) in [6.07, 6.45) is 3.56. The largest absolute Gasteiger partial charge is 0.456 e. The Bertz CT molecular complexity index is 1390. The van der Waals surface area contributed by atoms with Gasteiger partial charge in [-0.1, -0.05) is 30.4 Å². The number of carbonyl (C=O) groups is 3. The molecule has 1 spiro atoms. The van der Waals surface area contributed by atoms with E-state index in [9.17, 15) is 14.4 Å². The lowest BCUT2D eigenvalue weighted by Crippen LogP contribution is -2.33. The molecule has 0 atom stereocenters. The minimum atomic E-state index is -1.26. The van der Waals surface area contributed by atoms with E-state index in [2.05, 4.69) is 10.6 Å². The average Bonchev–Trinajstić information content (AvgIpc) is 3.18. The van der Waals surface area contributed by atoms with Gasteiger partial charge < -0.3 is 18.9 Å². The van der Waals surface area contributed by atoms with Gasteiger partial charge >= 0.3 is 18.2 Å². The monoisotopic (exact) mass is 498 g/mol. The van der Waals surface area contributed by atoms with Crippen LogP contribution >= 0.6 is 0 Å². The van der Waals surface area contributed by atoms with Crippen molar-refractivity contribution in [3.05, 3.63) is 95.1 Å². The van der Waals surface area contributed by atoms with Crippen LogP contribution in [0.5, 0.6) is 11.5 Å². The number of hydrogen-bond acceptors (Lipinski definition) is 7. The summed E-state index contributed by atoms with van der Waals surface area (Å²) in [6.45, 7) is 0.381. The fourth-order valence-corrected chi connectivity index (χ4v) is 4.81. The highest BCUT2D eigenvalue weighted by Gasteiger charge is 2.53. The zero-order valence-corrected chi connectivity index (χ0v) is 19.6. The minimum Gasteiger partial charge on any atom is -0.456 e. The van der Waals surface area contributed by atoms with Crippen molar-refractivity contribution in [2.24, 2.45) is 0 Å². The fourth-order valence-electron chi connectivity index (χ4n) is 4.81. The number of amides is 2. The highest BCUT2D eigenvalue weighted by molar-refractivity contribution is 5.97. The van der Waals surface area contributed by atoms with Crippen molar-refractivity contribution in [3.63, 3.8) is 0 Å². The first-order chi connectivity index (χ1) is 18.0. The molecule has 4 bridgehead atoms. The lowest BCUT2D eigenvalue weighted by Gasteiger charge is -2.36. The third kappa shape index (κ3) is 3.94. The molecule has 3 aliphatic rings. The first kappa shape index (κ1) is 22.7. The van der Waals surface area contributed by atoms with E-state index in [0.717, 1.165) is 0 Å². The van der Waals surface area contributed by atoms with Crippen LogP contribution in [0.1, 0.15) is 39.9 Å². The lowest BCUT2D eigenvalue weighted by atomic mass is 9.77. The predicted molar refractivity (Wildman–Crippen MR) is 133 cm³/mol. The molecule has 0 saturated heterocycles. The van der Waals surface area contributed by atoms with Crippen molar-refractivity contribution in [2.75, 3.05) is 23.8 Å². The molecule has 2 N–H and O–H groups in total. The van der Waals surface area contributed by atoms with E-state index in [1.165, 1.54) is 0 Å². The summed E-state index contributed by atoms with van der Waals surface area (Å²) >= 11 is 0. The smallest absolute Gasteiger partial charge is 0.411 e. The molecule has 0 fully saturated rings. The second-order valence-electron chi connectivity index (χ2n) is 8.71. The molecule has 3 aromatic rings. The Hall–Kier alpha value is -4.79. The maximum absolute atomic E-state index is 13.0. The molecule has 3 aromatic carbocycles. The van der Waals surface area contributed by atoms with E-state index in [0.29, 0.717) is 58.0 Å². The van der Waals surface area contributed by atoms with Crippen LogP contribution in [0.4, 0.5) is 21.0 Å². The Balaban J connectivity index is 1.48. The number of esters is 1. The molecule has 3 aliphatic heterocycles. The number of benzene rings is 3. The van der Waals surface area contributed by atoms with Crippen molar-refractivity contribution in [1.29, 1.82) is 0 Å². The maximum atomic E-state index is 13.0. The van der Waals surface area contributed by atoms with Crippen molar-refractivity contribution >= 4 is 29.5 Å². The normalized spacial score (nSPS) is 17.8. The molecule has 186 valence electrons. The molecule has 0 saturated carbocycles. The van der Waals surface area contributed by atoms with Gasteiger partial charge in [-0.05, 0) is 43.2 Å². The van der Waals surface area contributed by atoms with E-state index in [4.69, 9.17) is 18.9 Å². The number of hydrogen-bond donors (Lipinski definition) is 2. The zero-order chi connectivity index (χ0) is 25.4. The Kier molecular flexibility index (Phi) is 5.52. The lowest BCUT2D eigenvalue weighted by molar-refractivity contribution is 0.0224. The number of rotatable bonds is 0. The summed E-state index contributed by atoms with van der Waals surface area (Å²) in [5.41, 5.74) is 1.98.